The van der Waals surface area contributed by atoms with Crippen LogP contribution >= 0.6 is 0 Å². The number of hydrogen-bond acceptors (Lipinski definition) is 6. The maximum atomic E-state index is 14.4. The molecule has 3 aromatic rings. The molecule has 42 heavy (non-hydrogen) atoms. The Morgan fingerprint density at radius 3 is 2.76 bits per heavy atom. The van der Waals surface area contributed by atoms with E-state index in [1.54, 1.807) is 24.9 Å². The third-order valence-electron chi connectivity index (χ3n) is 9.44. The van der Waals surface area contributed by atoms with E-state index in [2.05, 4.69) is 16.4 Å². The molecular weight excluding hydrogens is 534 g/mol. The Balaban J connectivity index is 1.29. The van der Waals surface area contributed by atoms with Crippen LogP contribution in [0.5, 0.6) is 0 Å². The Morgan fingerprint density at radius 1 is 1.24 bits per heavy atom. The number of nitrogens with zero attached hydrogens (tertiary/aromatic N) is 3. The highest BCUT2D eigenvalue weighted by atomic mass is 16.7. The zero-order chi connectivity index (χ0) is 29.7. The van der Waals surface area contributed by atoms with E-state index in [-0.39, 0.29) is 11.8 Å². The topological polar surface area (TPSA) is 118 Å². The molecule has 7 rings (SSSR count). The Hall–Kier alpha value is -3.89. The Bertz CT molecular complexity index is 1740. The van der Waals surface area contributed by atoms with Crippen molar-refractivity contribution < 1.29 is 24.2 Å². The highest BCUT2D eigenvalue weighted by molar-refractivity contribution is 6.14. The number of aliphatic hydroxyl groups is 1. The van der Waals surface area contributed by atoms with Gasteiger partial charge in [-0.25, -0.2) is 0 Å². The van der Waals surface area contributed by atoms with Gasteiger partial charge in [0.1, 0.15) is 12.1 Å². The minimum Gasteiger partial charge on any atom is -0.361 e. The van der Waals surface area contributed by atoms with E-state index in [1.165, 1.54) is 4.90 Å². The van der Waals surface area contributed by atoms with Gasteiger partial charge in [0, 0.05) is 59.1 Å². The summed E-state index contributed by atoms with van der Waals surface area (Å²) in [6, 6.07) is 6.57. The van der Waals surface area contributed by atoms with Gasteiger partial charge in [-0.2, -0.15) is 0 Å². The molecule has 10 heteroatoms. The largest absolute Gasteiger partial charge is 0.361 e. The van der Waals surface area contributed by atoms with E-state index >= 15 is 0 Å². The minimum absolute atomic E-state index is 0.0936. The molecule has 3 N–H and O–H groups in total. The number of H-pyrrole nitrogens is 1. The summed E-state index contributed by atoms with van der Waals surface area (Å²) in [4.78, 5) is 50.1. The first-order valence-electron chi connectivity index (χ1n) is 14.8. The van der Waals surface area contributed by atoms with E-state index in [0.29, 0.717) is 31.4 Å². The summed E-state index contributed by atoms with van der Waals surface area (Å²) >= 11 is 0. The normalized spacial score (nSPS) is 29.0. The highest BCUT2D eigenvalue weighted by Crippen LogP contribution is 2.48. The van der Waals surface area contributed by atoms with Gasteiger partial charge in [0.15, 0.2) is 0 Å². The van der Waals surface area contributed by atoms with Crippen LogP contribution in [0.15, 0.2) is 42.2 Å². The number of aromatic nitrogens is 1. The van der Waals surface area contributed by atoms with Gasteiger partial charge in [-0.15, -0.1) is 0 Å². The predicted octanol–water partition coefficient (Wildman–Crippen LogP) is 2.55. The highest BCUT2D eigenvalue weighted by Gasteiger charge is 2.71. The maximum Gasteiger partial charge on any atom is 0.281 e. The van der Waals surface area contributed by atoms with Crippen molar-refractivity contribution in [1.29, 1.82) is 0 Å². The molecule has 5 heterocycles. The average Bonchev–Trinajstić information content (AvgIpc) is 3.65. The molecule has 0 bridgehead atoms. The van der Waals surface area contributed by atoms with Crippen LogP contribution in [-0.2, 0) is 19.1 Å². The van der Waals surface area contributed by atoms with E-state index in [9.17, 15) is 19.5 Å². The van der Waals surface area contributed by atoms with Crippen LogP contribution in [0, 0.1) is 11.8 Å². The summed E-state index contributed by atoms with van der Waals surface area (Å²) in [6.07, 6.45) is 7.15. The summed E-state index contributed by atoms with van der Waals surface area (Å²) in [5.41, 5.74) is 0.475. The van der Waals surface area contributed by atoms with Gasteiger partial charge in [0.05, 0.1) is 5.57 Å². The second-order valence-electron chi connectivity index (χ2n) is 12.9. The van der Waals surface area contributed by atoms with E-state index in [0.717, 1.165) is 32.6 Å². The fraction of sp³-hybridized carbons (Fsp3) is 0.469. The Kier molecular flexibility index (Phi) is 5.81. The molecule has 0 radical (unpaired) electrons. The molecule has 0 saturated carbocycles. The van der Waals surface area contributed by atoms with Crippen LogP contribution < -0.4 is 15.4 Å². The van der Waals surface area contributed by atoms with Crippen LogP contribution in [0.1, 0.15) is 47.0 Å². The maximum absolute atomic E-state index is 14.4. The third-order valence-corrected chi connectivity index (χ3v) is 9.44. The number of piperazine rings is 1. The first-order chi connectivity index (χ1) is 20.0. The lowest BCUT2D eigenvalue weighted by Crippen LogP contribution is -2.71. The number of anilines is 1. The van der Waals surface area contributed by atoms with Crippen molar-refractivity contribution >= 4 is 51.2 Å². The van der Waals surface area contributed by atoms with E-state index in [1.807, 2.05) is 56.3 Å². The lowest BCUT2D eigenvalue weighted by atomic mass is 9.93. The molecule has 4 aliphatic heterocycles. The Morgan fingerprint density at radius 2 is 2.02 bits per heavy atom. The number of amides is 3. The lowest BCUT2D eigenvalue weighted by molar-refractivity contribution is -0.322. The van der Waals surface area contributed by atoms with Crippen molar-refractivity contribution in [2.45, 2.75) is 70.7 Å². The molecule has 3 fully saturated rings. The second kappa shape index (κ2) is 9.05. The zero-order valence-corrected chi connectivity index (χ0v) is 24.6. The zero-order valence-electron chi connectivity index (χ0n) is 24.6. The van der Waals surface area contributed by atoms with Crippen molar-refractivity contribution in [2.75, 3.05) is 18.5 Å². The van der Waals surface area contributed by atoms with E-state index in [4.69, 9.17) is 4.74 Å². The molecule has 0 unspecified atom stereocenters. The van der Waals surface area contributed by atoms with Gasteiger partial charge in [0.2, 0.25) is 11.6 Å². The molecule has 0 aliphatic carbocycles. The first-order valence-corrected chi connectivity index (χ1v) is 14.8. The SMILES string of the molecule is CC(C)C[C@H]1C(=O)N2CCC[C@H]2[C@]2(O)O[C@](NC(=O)C3=CN(C)c4cc5c[nH]c6cccc(c4=C3)c56)(C(C)C)C(=O)N12. The minimum atomic E-state index is -2.03. The molecule has 4 atom stereocenters. The number of rotatable bonds is 5. The summed E-state index contributed by atoms with van der Waals surface area (Å²) in [5.74, 6) is -3.73. The molecule has 10 nitrogen and oxygen atoms in total. The fourth-order valence-electron chi connectivity index (χ4n) is 7.40. The van der Waals surface area contributed by atoms with Crippen LogP contribution in [0.2, 0.25) is 0 Å². The molecule has 0 spiro atoms. The number of fused-ring (bicyclic) bond motifs is 5. The number of hydrogen-bond donors (Lipinski definition) is 3. The molecule has 4 aliphatic rings. The van der Waals surface area contributed by atoms with Crippen molar-refractivity contribution in [1.82, 2.24) is 20.1 Å². The molecule has 220 valence electrons. The van der Waals surface area contributed by atoms with E-state index < -0.39 is 41.5 Å². The molecule has 3 amide bonds. The third kappa shape index (κ3) is 3.54. The van der Waals surface area contributed by atoms with Crippen molar-refractivity contribution in [3.63, 3.8) is 0 Å². The van der Waals surface area contributed by atoms with Gasteiger partial charge >= 0.3 is 0 Å². The van der Waals surface area contributed by atoms with Crippen LogP contribution in [0.3, 0.4) is 0 Å². The number of nitrogens with one attached hydrogen (secondary N) is 2. The van der Waals surface area contributed by atoms with Crippen LogP contribution in [-0.4, -0.2) is 74.9 Å². The summed E-state index contributed by atoms with van der Waals surface area (Å²) in [7, 11) is 1.89. The lowest BCUT2D eigenvalue weighted by Gasteiger charge is -2.49. The molecular formula is C32H37N5O5. The number of aromatic amines is 1. The summed E-state index contributed by atoms with van der Waals surface area (Å²) in [6.45, 7) is 8.02. The number of carbonyl (C=O) groups excluding carboxylic acids is 3. The second-order valence-corrected chi connectivity index (χ2v) is 12.9. The standard InChI is InChI=1S/C32H37N5O5/c1-17(2)12-25-29(39)36-11-7-10-26(36)32(41)37(25)30(40)31(42-32,18(3)4)34-28(38)20-13-22-21-8-6-9-23-27(21)19(15-33-23)14-24(22)35(5)16-20/h6,8-9,13-18,25-26,33,41H,7,10-12H2,1-5H3,(H,34,38)/t25-,26-,31+,32-/m0/s1. The van der Waals surface area contributed by atoms with Crippen molar-refractivity contribution in [3.05, 3.63) is 47.5 Å². The van der Waals surface area contributed by atoms with Gasteiger partial charge in [-0.1, -0.05) is 39.8 Å². The van der Waals surface area contributed by atoms with Gasteiger partial charge in [0.25, 0.3) is 17.7 Å². The van der Waals surface area contributed by atoms with Crippen molar-refractivity contribution in [3.8, 4) is 0 Å². The number of carbonyl (C=O) groups is 3. The quantitative estimate of drug-likeness (QED) is 0.433. The Labute approximate surface area is 243 Å². The smallest absolute Gasteiger partial charge is 0.281 e. The van der Waals surface area contributed by atoms with Gasteiger partial charge < -0.3 is 25.2 Å². The number of ether oxygens (including phenoxy) is 1. The van der Waals surface area contributed by atoms with Crippen LogP contribution in [0.25, 0.3) is 27.8 Å². The summed E-state index contributed by atoms with van der Waals surface area (Å²) < 4.78 is 6.40. The van der Waals surface area contributed by atoms with Crippen LogP contribution in [0.4, 0.5) is 5.69 Å². The fourth-order valence-corrected chi connectivity index (χ4v) is 7.40. The number of benzene rings is 2. The molecule has 2 aromatic carbocycles. The predicted molar refractivity (Wildman–Crippen MR) is 159 cm³/mol. The average molecular weight is 572 g/mol. The first kappa shape index (κ1) is 27.0. The summed E-state index contributed by atoms with van der Waals surface area (Å²) in [5, 5.41) is 19.1. The monoisotopic (exact) mass is 571 g/mol. The van der Waals surface area contributed by atoms with Gasteiger partial charge in [-0.3, -0.25) is 24.0 Å². The van der Waals surface area contributed by atoms with Gasteiger partial charge in [-0.05, 0) is 48.8 Å². The molecule has 3 saturated heterocycles. The molecule has 1 aromatic heterocycles. The van der Waals surface area contributed by atoms with Crippen molar-refractivity contribution in [2.24, 2.45) is 11.8 Å².